The minimum absolute atomic E-state index is 0.212. The number of nitrogens with zero attached hydrogens (tertiary/aromatic N) is 2. The highest BCUT2D eigenvalue weighted by Crippen LogP contribution is 2.40. The topological polar surface area (TPSA) is 9.86 Å². The van der Waals surface area contributed by atoms with E-state index in [-0.39, 0.29) is 11.4 Å². The second kappa shape index (κ2) is 9.86. The predicted molar refractivity (Wildman–Crippen MR) is 186 cm³/mol. The number of para-hydroxylation sites is 2. The summed E-state index contributed by atoms with van der Waals surface area (Å²) in [6.45, 7) is 0. The van der Waals surface area contributed by atoms with Crippen molar-refractivity contribution in [2.45, 2.75) is 0 Å². The van der Waals surface area contributed by atoms with Gasteiger partial charge >= 0.3 is 0 Å². The van der Waals surface area contributed by atoms with Crippen molar-refractivity contribution in [3.05, 3.63) is 169 Å². The van der Waals surface area contributed by atoms with E-state index in [0.717, 1.165) is 0 Å². The van der Waals surface area contributed by atoms with Crippen LogP contribution in [0.25, 0.3) is 77.2 Å². The highest BCUT2D eigenvalue weighted by Gasteiger charge is 2.18. The van der Waals surface area contributed by atoms with Crippen molar-refractivity contribution < 1.29 is 24.7 Å². The maximum atomic E-state index is 9.31. The van der Waals surface area contributed by atoms with E-state index in [0.29, 0.717) is 43.6 Å². The molecule has 9 aromatic rings. The van der Waals surface area contributed by atoms with Crippen molar-refractivity contribution in [3.63, 3.8) is 0 Å². The number of hydrogen-bond acceptors (Lipinski definition) is 0. The molecule has 0 unspecified atom stereocenters. The first-order valence-corrected chi connectivity index (χ1v) is 13.7. The quantitative estimate of drug-likeness (QED) is 0.197. The Balaban J connectivity index is 1.39. The molecule has 0 saturated heterocycles. The van der Waals surface area contributed by atoms with Crippen molar-refractivity contribution in [2.75, 3.05) is 0 Å². The van der Waals surface area contributed by atoms with Gasteiger partial charge in [0, 0.05) is 32.9 Å². The summed E-state index contributed by atoms with van der Waals surface area (Å²) >= 11 is 0. The Hall–Kier alpha value is -5.86. The van der Waals surface area contributed by atoms with E-state index in [2.05, 4.69) is 0 Å². The summed E-state index contributed by atoms with van der Waals surface area (Å²) in [7, 11) is 0. The first-order chi connectivity index (χ1) is 29.3. The molecule has 0 amide bonds. The van der Waals surface area contributed by atoms with Crippen LogP contribution in [0.1, 0.15) is 24.7 Å². The van der Waals surface area contributed by atoms with Gasteiger partial charge in [0.2, 0.25) is 0 Å². The molecule has 2 heteroatoms. The molecule has 0 saturated carbocycles. The normalized spacial score (nSPS) is 17.4. The van der Waals surface area contributed by atoms with Crippen LogP contribution in [0.2, 0.25) is 0 Å². The zero-order valence-corrected chi connectivity index (χ0v) is 22.7. The molecule has 0 spiro atoms. The van der Waals surface area contributed by atoms with Crippen molar-refractivity contribution in [2.24, 2.45) is 0 Å². The summed E-state index contributed by atoms with van der Waals surface area (Å²) in [6, 6.07) is 5.85. The third kappa shape index (κ3) is 3.82. The molecule has 9 rings (SSSR count). The molecule has 44 heavy (non-hydrogen) atoms. The number of rotatable bonds is 4. The van der Waals surface area contributed by atoms with Crippen LogP contribution < -0.4 is 0 Å². The molecule has 7 aromatic carbocycles. The number of benzene rings is 7. The lowest BCUT2D eigenvalue weighted by molar-refractivity contribution is 1.16. The Labute approximate surface area is 281 Å². The summed E-state index contributed by atoms with van der Waals surface area (Å²) < 4.78 is 160. The zero-order valence-electron chi connectivity index (χ0n) is 40.7. The van der Waals surface area contributed by atoms with Gasteiger partial charge < -0.3 is 9.13 Å². The van der Waals surface area contributed by atoms with Gasteiger partial charge in [-0.3, -0.25) is 0 Å². The molecule has 0 aliphatic heterocycles. The van der Waals surface area contributed by atoms with Gasteiger partial charge in [0.25, 0.3) is 0 Å². The SMILES string of the molecule is [2H]c1c([2H])c([2H])c(-c2c([2H])c([2H])c(-n3c4ccccc4c4cc5c6ccccc6n(-c6c([2H])c([2H])c(-c7c([2H])c([2H])c([2H])c([2H])c7[2H])c([2H])c6[2H])c5cc43)c([2H])c2[2H])c([2H])c1[2H]. The van der Waals surface area contributed by atoms with E-state index in [1.54, 1.807) is 42.5 Å². The lowest BCUT2D eigenvalue weighted by Crippen LogP contribution is -1.96. The van der Waals surface area contributed by atoms with Gasteiger partial charge in [-0.05, 0) is 70.7 Å². The van der Waals surface area contributed by atoms with Crippen LogP contribution in [0.4, 0.5) is 0 Å². The average molecular weight is 579 g/mol. The first kappa shape index (κ1) is 12.8. The smallest absolute Gasteiger partial charge is 0.0645 e. The number of fused-ring (bicyclic) bond motifs is 6. The maximum absolute atomic E-state index is 9.31. The lowest BCUT2D eigenvalue weighted by atomic mass is 10.1. The Kier molecular flexibility index (Phi) is 2.87. The number of hydrogen-bond donors (Lipinski definition) is 0. The molecule has 0 aliphatic rings. The van der Waals surface area contributed by atoms with Gasteiger partial charge in [-0.15, -0.1) is 0 Å². The van der Waals surface area contributed by atoms with Crippen LogP contribution in [0.3, 0.4) is 0 Å². The van der Waals surface area contributed by atoms with Crippen molar-refractivity contribution in [3.8, 4) is 33.6 Å². The third-order valence-electron chi connectivity index (χ3n) is 7.64. The molecule has 0 bridgehead atoms. The third-order valence-corrected chi connectivity index (χ3v) is 7.64. The van der Waals surface area contributed by atoms with E-state index in [1.807, 2.05) is 18.2 Å². The Morgan fingerprint density at radius 1 is 0.341 bits per heavy atom. The highest BCUT2D eigenvalue weighted by molar-refractivity contribution is 6.19. The summed E-state index contributed by atoms with van der Waals surface area (Å²) in [5.74, 6) is 0. The molecule has 2 nitrogen and oxygen atoms in total. The second-order valence-corrected chi connectivity index (χ2v) is 10.0. The van der Waals surface area contributed by atoms with E-state index < -0.39 is 131 Å². The van der Waals surface area contributed by atoms with Crippen LogP contribution in [0.15, 0.2) is 169 Å². The van der Waals surface area contributed by atoms with Crippen LogP contribution in [-0.2, 0) is 0 Å². The fraction of sp³-hybridized carbons (Fsp3) is 0. The molecule has 2 aromatic heterocycles. The molecule has 0 radical (unpaired) electrons. The molecular weight excluding hydrogens is 532 g/mol. The summed E-state index contributed by atoms with van der Waals surface area (Å²) in [4.78, 5) is 0. The number of aromatic nitrogens is 2. The lowest BCUT2D eigenvalue weighted by Gasteiger charge is -2.11. The van der Waals surface area contributed by atoms with Crippen molar-refractivity contribution in [1.82, 2.24) is 9.13 Å². The van der Waals surface area contributed by atoms with Gasteiger partial charge in [0.05, 0.1) is 46.7 Å². The second-order valence-electron chi connectivity index (χ2n) is 10.0. The Morgan fingerprint density at radius 2 is 0.727 bits per heavy atom. The monoisotopic (exact) mass is 578 g/mol. The average Bonchev–Trinajstić information content (AvgIpc) is 3.75. The van der Waals surface area contributed by atoms with E-state index >= 15 is 0 Å². The molecule has 0 aliphatic carbocycles. The van der Waals surface area contributed by atoms with Crippen molar-refractivity contribution in [1.29, 1.82) is 0 Å². The summed E-state index contributed by atoms with van der Waals surface area (Å²) in [6.07, 6.45) is 0. The van der Waals surface area contributed by atoms with Crippen LogP contribution in [-0.4, -0.2) is 9.13 Å². The van der Waals surface area contributed by atoms with Gasteiger partial charge in [0.15, 0.2) is 0 Å². The molecule has 0 N–H and O–H groups in total. The predicted octanol–water partition coefficient (Wildman–Crippen LogP) is 11.2. The van der Waals surface area contributed by atoms with Crippen molar-refractivity contribution >= 4 is 43.6 Å². The van der Waals surface area contributed by atoms with Gasteiger partial charge in [-0.25, -0.2) is 0 Å². The Morgan fingerprint density at radius 3 is 1.16 bits per heavy atom. The van der Waals surface area contributed by atoms with Gasteiger partial charge in [0.1, 0.15) is 0 Å². The van der Waals surface area contributed by atoms with E-state index in [9.17, 15) is 5.48 Å². The fourth-order valence-corrected chi connectivity index (χ4v) is 5.75. The summed E-state index contributed by atoms with van der Waals surface area (Å²) in [5.41, 5.74) is -0.692. The molecule has 206 valence electrons. The molecular formula is C42H28N2. The molecule has 2 heterocycles. The zero-order chi connectivity index (χ0) is 44.7. The molecule has 0 fully saturated rings. The van der Waals surface area contributed by atoms with Crippen LogP contribution in [0.5, 0.6) is 0 Å². The summed E-state index contributed by atoms with van der Waals surface area (Å²) in [5, 5.41) is 2.53. The van der Waals surface area contributed by atoms with Crippen LogP contribution >= 0.6 is 0 Å². The van der Waals surface area contributed by atoms with Gasteiger partial charge in [-0.2, -0.15) is 0 Å². The van der Waals surface area contributed by atoms with Gasteiger partial charge in [-0.1, -0.05) is 121 Å². The largest absolute Gasteiger partial charge is 0.309 e. The minimum atomic E-state index is -0.700. The first-order valence-electron chi connectivity index (χ1n) is 22.7. The van der Waals surface area contributed by atoms with E-state index in [4.69, 9.17) is 19.2 Å². The standard InChI is InChI=1S/C42H28N2/c1-3-11-29(12-4-1)31-19-23-33(24-20-31)43-39-17-9-7-15-35(39)37-27-38-36-16-8-10-18-40(36)44(42(38)28-41(37)43)34-25-21-32(22-26-34)30-13-5-2-6-14-30/h1-28H/i1D,2D,3D,4D,5D,6D,11D,12D,13D,14D,19D,20D,21D,22D,23D,24D,25D,26D. The van der Waals surface area contributed by atoms with Crippen LogP contribution in [0, 0.1) is 0 Å². The minimum Gasteiger partial charge on any atom is -0.309 e. The highest BCUT2D eigenvalue weighted by atomic mass is 15.0. The Bertz CT molecular complexity index is 3170. The molecule has 0 atom stereocenters. The maximum Gasteiger partial charge on any atom is 0.0645 e. The van der Waals surface area contributed by atoms with E-state index in [1.165, 1.54) is 9.13 Å². The fourth-order valence-electron chi connectivity index (χ4n) is 5.75.